The summed E-state index contributed by atoms with van der Waals surface area (Å²) in [6, 6.07) is -1.05. The second-order valence-electron chi connectivity index (χ2n) is 5.10. The molecule has 2 saturated heterocycles. The fourth-order valence-corrected chi connectivity index (χ4v) is 6.31. The first-order valence-electron chi connectivity index (χ1n) is 6.47. The van der Waals surface area contributed by atoms with Crippen molar-refractivity contribution in [2.75, 3.05) is 11.5 Å². The standard InChI is InChI=1S/C11H16N4O3S3/c1-4-13-14-11(21-4)20-3-5-2-19-9-6(12)8(16)15(9)7(5)10(17)18/h5-9,16H,2-3,12H2,1H3,(H,17,18)/t5?,6-,7?,8?,9?/m1/s1. The maximum atomic E-state index is 11.6. The third-order valence-corrected chi connectivity index (χ3v) is 7.38. The zero-order chi connectivity index (χ0) is 15.1. The van der Waals surface area contributed by atoms with Gasteiger partial charge in [-0.25, -0.2) is 4.90 Å². The maximum Gasteiger partial charge on any atom is 0.321 e. The van der Waals surface area contributed by atoms with Crippen molar-refractivity contribution in [2.24, 2.45) is 11.7 Å². The van der Waals surface area contributed by atoms with Gasteiger partial charge in [0, 0.05) is 17.4 Å². The van der Waals surface area contributed by atoms with Crippen LogP contribution in [-0.4, -0.2) is 66.5 Å². The van der Waals surface area contributed by atoms with Gasteiger partial charge < -0.3 is 15.9 Å². The SMILES string of the molecule is Cc1nnc(SCC2CSC3[C@H](N)C(O)N3C2C(=O)O)s1. The van der Waals surface area contributed by atoms with Crippen LogP contribution in [0.15, 0.2) is 4.34 Å². The Balaban J connectivity index is 1.68. The molecule has 0 amide bonds. The van der Waals surface area contributed by atoms with Gasteiger partial charge in [0.05, 0.1) is 11.4 Å². The van der Waals surface area contributed by atoms with Crippen molar-refractivity contribution in [1.82, 2.24) is 15.1 Å². The number of aliphatic hydroxyl groups is 1. The van der Waals surface area contributed by atoms with E-state index in [1.807, 2.05) is 6.92 Å². The highest BCUT2D eigenvalue weighted by atomic mass is 32.2. The van der Waals surface area contributed by atoms with Crippen molar-refractivity contribution in [1.29, 1.82) is 0 Å². The lowest BCUT2D eigenvalue weighted by atomic mass is 9.94. The molecule has 21 heavy (non-hydrogen) atoms. The summed E-state index contributed by atoms with van der Waals surface area (Å²) in [5, 5.41) is 28.2. The number of hydrogen-bond donors (Lipinski definition) is 3. The number of nitrogens with zero attached hydrogens (tertiary/aromatic N) is 3. The Hall–Kier alpha value is -0.390. The number of fused-ring (bicyclic) bond motifs is 1. The molecule has 0 aliphatic carbocycles. The summed E-state index contributed by atoms with van der Waals surface area (Å²) in [6.45, 7) is 1.89. The smallest absolute Gasteiger partial charge is 0.321 e. The first-order valence-corrected chi connectivity index (χ1v) is 9.32. The normalized spacial score (nSPS) is 36.0. The lowest BCUT2D eigenvalue weighted by Gasteiger charge is -2.57. The second-order valence-corrected chi connectivity index (χ2v) is 8.70. The number of carbonyl (C=O) groups is 1. The lowest BCUT2D eigenvalue weighted by Crippen LogP contribution is -2.76. The quantitative estimate of drug-likeness (QED) is 0.649. The largest absolute Gasteiger partial charge is 0.480 e. The topological polar surface area (TPSA) is 113 Å². The summed E-state index contributed by atoms with van der Waals surface area (Å²) >= 11 is 4.66. The molecule has 10 heteroatoms. The van der Waals surface area contributed by atoms with E-state index < -0.39 is 18.2 Å². The summed E-state index contributed by atoms with van der Waals surface area (Å²) in [7, 11) is 0. The van der Waals surface area contributed by atoms with Gasteiger partial charge in [0.2, 0.25) is 0 Å². The summed E-state index contributed by atoms with van der Waals surface area (Å²) in [5.74, 6) is 0.415. The van der Waals surface area contributed by atoms with Crippen LogP contribution in [0.4, 0.5) is 0 Å². The van der Waals surface area contributed by atoms with Gasteiger partial charge in [0.1, 0.15) is 17.3 Å². The Morgan fingerprint density at radius 2 is 2.33 bits per heavy atom. The minimum atomic E-state index is -0.898. The molecule has 1 aromatic rings. The van der Waals surface area contributed by atoms with Crippen molar-refractivity contribution in [2.45, 2.75) is 34.9 Å². The zero-order valence-corrected chi connectivity index (χ0v) is 13.7. The maximum absolute atomic E-state index is 11.6. The van der Waals surface area contributed by atoms with Crippen LogP contribution in [-0.2, 0) is 4.79 Å². The van der Waals surface area contributed by atoms with Crippen molar-refractivity contribution >= 4 is 40.8 Å². The summed E-state index contributed by atoms with van der Waals surface area (Å²) in [5.41, 5.74) is 5.82. The van der Waals surface area contributed by atoms with Crippen LogP contribution < -0.4 is 5.73 Å². The van der Waals surface area contributed by atoms with Crippen LogP contribution in [0.5, 0.6) is 0 Å². The molecule has 116 valence electrons. The van der Waals surface area contributed by atoms with Crippen LogP contribution in [0.3, 0.4) is 0 Å². The molecule has 0 saturated carbocycles. The van der Waals surface area contributed by atoms with E-state index >= 15 is 0 Å². The lowest BCUT2D eigenvalue weighted by molar-refractivity contribution is -0.173. The highest BCUT2D eigenvalue weighted by Crippen LogP contribution is 2.43. The summed E-state index contributed by atoms with van der Waals surface area (Å²) < 4.78 is 0.852. The Morgan fingerprint density at radius 3 is 2.95 bits per heavy atom. The van der Waals surface area contributed by atoms with Crippen molar-refractivity contribution in [3.05, 3.63) is 5.01 Å². The molecule has 7 nitrogen and oxygen atoms in total. The Kier molecular flexibility index (Phi) is 4.44. The molecule has 3 rings (SSSR count). The van der Waals surface area contributed by atoms with Crippen molar-refractivity contribution in [3.8, 4) is 0 Å². The van der Waals surface area contributed by atoms with E-state index in [0.717, 1.165) is 15.1 Å². The van der Waals surface area contributed by atoms with E-state index in [1.165, 1.54) is 23.1 Å². The summed E-state index contributed by atoms with van der Waals surface area (Å²) in [4.78, 5) is 13.2. The number of nitrogens with two attached hydrogens (primary N) is 1. The monoisotopic (exact) mass is 348 g/mol. The molecule has 2 aliphatic heterocycles. The Bertz CT molecular complexity index is 543. The third-order valence-electron chi connectivity index (χ3n) is 3.70. The van der Waals surface area contributed by atoms with E-state index in [0.29, 0.717) is 5.75 Å². The van der Waals surface area contributed by atoms with Gasteiger partial charge >= 0.3 is 5.97 Å². The molecule has 2 fully saturated rings. The molecule has 5 atom stereocenters. The minimum Gasteiger partial charge on any atom is -0.480 e. The molecule has 4 N–H and O–H groups in total. The van der Waals surface area contributed by atoms with Gasteiger partial charge in [-0.15, -0.1) is 22.0 Å². The van der Waals surface area contributed by atoms with Crippen LogP contribution in [0.1, 0.15) is 5.01 Å². The number of aryl methyl sites for hydroxylation is 1. The van der Waals surface area contributed by atoms with Gasteiger partial charge in [-0.2, -0.15) is 0 Å². The molecule has 0 spiro atoms. The van der Waals surface area contributed by atoms with Gasteiger partial charge in [0.15, 0.2) is 4.34 Å². The fraction of sp³-hybridized carbons (Fsp3) is 0.727. The van der Waals surface area contributed by atoms with Gasteiger partial charge in [-0.1, -0.05) is 23.1 Å². The van der Waals surface area contributed by atoms with Crippen molar-refractivity contribution < 1.29 is 15.0 Å². The van der Waals surface area contributed by atoms with Crippen LogP contribution in [0, 0.1) is 12.8 Å². The number of rotatable bonds is 4. The number of hydrogen-bond acceptors (Lipinski definition) is 9. The van der Waals surface area contributed by atoms with E-state index in [-0.39, 0.29) is 17.3 Å². The first kappa shape index (κ1) is 15.5. The van der Waals surface area contributed by atoms with Crippen LogP contribution in [0.2, 0.25) is 0 Å². The number of aromatic nitrogens is 2. The number of carboxylic acids is 1. The van der Waals surface area contributed by atoms with Crippen LogP contribution >= 0.6 is 34.9 Å². The number of carboxylic acid groups (broad SMARTS) is 1. The molecular formula is C11H16N4O3S3. The average Bonchev–Trinajstić information content (AvgIpc) is 2.88. The molecule has 4 unspecified atom stereocenters. The van der Waals surface area contributed by atoms with E-state index in [2.05, 4.69) is 10.2 Å². The van der Waals surface area contributed by atoms with Crippen molar-refractivity contribution in [3.63, 3.8) is 0 Å². The van der Waals surface area contributed by atoms with E-state index in [4.69, 9.17) is 5.73 Å². The highest BCUT2D eigenvalue weighted by molar-refractivity contribution is 8.01. The molecular weight excluding hydrogens is 332 g/mol. The van der Waals surface area contributed by atoms with Gasteiger partial charge in [0.25, 0.3) is 0 Å². The average molecular weight is 348 g/mol. The molecule has 3 heterocycles. The second kappa shape index (κ2) is 6.01. The van der Waals surface area contributed by atoms with E-state index in [1.54, 1.807) is 16.7 Å². The zero-order valence-electron chi connectivity index (χ0n) is 11.2. The number of aliphatic carboxylic acids is 1. The molecule has 0 radical (unpaired) electrons. The van der Waals surface area contributed by atoms with Gasteiger partial charge in [-0.05, 0) is 6.92 Å². The Labute approximate surface area is 134 Å². The Morgan fingerprint density at radius 1 is 1.57 bits per heavy atom. The predicted molar refractivity (Wildman–Crippen MR) is 82.4 cm³/mol. The number of thioether (sulfide) groups is 2. The minimum absolute atomic E-state index is 0.0555. The van der Waals surface area contributed by atoms with Gasteiger partial charge in [-0.3, -0.25) is 4.79 Å². The predicted octanol–water partition coefficient (Wildman–Crippen LogP) is 0.0422. The van der Waals surface area contributed by atoms with E-state index in [9.17, 15) is 15.0 Å². The molecule has 0 aromatic carbocycles. The molecule has 0 bridgehead atoms. The highest BCUT2D eigenvalue weighted by Gasteiger charge is 2.56. The summed E-state index contributed by atoms with van der Waals surface area (Å²) in [6.07, 6.45) is -0.861. The fourth-order valence-electron chi connectivity index (χ4n) is 2.65. The third kappa shape index (κ3) is 2.80. The molecule has 1 aromatic heterocycles. The number of aliphatic hydroxyl groups excluding tert-OH is 1. The molecule has 2 aliphatic rings. The van der Waals surface area contributed by atoms with Crippen LogP contribution in [0.25, 0.3) is 0 Å². The first-order chi connectivity index (χ1) is 9.99.